The van der Waals surface area contributed by atoms with Gasteiger partial charge in [0.15, 0.2) is 0 Å². The Bertz CT molecular complexity index is 2330. The molecule has 0 spiro atoms. The van der Waals surface area contributed by atoms with E-state index in [-0.39, 0.29) is 60.5 Å². The summed E-state index contributed by atoms with van der Waals surface area (Å²) >= 11 is -4.05. The molecule has 0 N–H and O–H groups in total. The Kier molecular flexibility index (Phi) is 17.4. The molecular weight excluding hydrogens is 937 g/mol. The molecule has 4 aliphatic rings. The zero-order chi connectivity index (χ0) is 37.8. The minimum Gasteiger partial charge on any atom is -0.147 e. The van der Waals surface area contributed by atoms with Crippen LogP contribution in [0.25, 0.3) is 22.3 Å². The first-order valence-corrected chi connectivity index (χ1v) is 27.1. The van der Waals surface area contributed by atoms with Crippen LogP contribution < -0.4 is 6.54 Å². The van der Waals surface area contributed by atoms with Gasteiger partial charge in [0.25, 0.3) is 0 Å². The summed E-state index contributed by atoms with van der Waals surface area (Å²) < 4.78 is 10.3. The molecule has 0 aliphatic heterocycles. The maximum absolute atomic E-state index is 2.58. The smallest absolute Gasteiger partial charge is 0.147 e. The van der Waals surface area contributed by atoms with Gasteiger partial charge in [0.1, 0.15) is 0 Å². The number of allylic oxidation sites excluding steroid dienone is 8. The number of halogens is 4. The Labute approximate surface area is 384 Å². The van der Waals surface area contributed by atoms with E-state index in [1.165, 1.54) is 50.9 Å². The van der Waals surface area contributed by atoms with Gasteiger partial charge in [0.05, 0.1) is 0 Å². The minimum atomic E-state index is -2.06. The molecule has 0 saturated carbocycles. The summed E-state index contributed by atoms with van der Waals surface area (Å²) in [5.74, 6) is 0.586. The molecule has 57 heavy (non-hydrogen) atoms. The predicted molar refractivity (Wildman–Crippen MR) is 255 cm³/mol. The zero-order valence-corrected chi connectivity index (χ0v) is 43.9. The van der Waals surface area contributed by atoms with E-state index in [0.717, 1.165) is 12.8 Å². The molecule has 0 fully saturated rings. The van der Waals surface area contributed by atoms with Gasteiger partial charge in [-0.3, -0.25) is 0 Å². The fourth-order valence-electron chi connectivity index (χ4n) is 8.95. The largest absolute Gasteiger partial charge is 0.147 e. The van der Waals surface area contributed by atoms with Crippen LogP contribution in [0.5, 0.6) is 0 Å². The monoisotopic (exact) mass is 994 g/mol. The van der Waals surface area contributed by atoms with Crippen LogP contribution in [0.15, 0.2) is 127 Å². The molecule has 0 saturated heterocycles. The fraction of sp³-hybridized carbons (Fsp3) is 0.333. The third-order valence-corrected chi connectivity index (χ3v) is 26.9. The van der Waals surface area contributed by atoms with Gasteiger partial charge >= 0.3 is 339 Å². The average Bonchev–Trinajstić information content (AvgIpc) is 3.90. The normalized spacial score (nSPS) is 15.5. The fourth-order valence-corrected chi connectivity index (χ4v) is 23.6. The number of hydrogen-bond acceptors (Lipinski definition) is 0. The van der Waals surface area contributed by atoms with Crippen LogP contribution >= 0.6 is 49.6 Å². The van der Waals surface area contributed by atoms with Crippen LogP contribution in [0.1, 0.15) is 105 Å². The first kappa shape index (κ1) is 49.9. The number of hydrogen-bond donors (Lipinski definition) is 0. The van der Waals surface area contributed by atoms with Gasteiger partial charge in [0, 0.05) is 0 Å². The van der Waals surface area contributed by atoms with Crippen molar-refractivity contribution in [3.05, 3.63) is 149 Å². The van der Waals surface area contributed by atoms with Gasteiger partial charge in [-0.05, 0) is 0 Å². The molecule has 0 bridgehead atoms. The van der Waals surface area contributed by atoms with Crippen molar-refractivity contribution >= 4 is 62.6 Å². The Morgan fingerprint density at radius 3 is 1.39 bits per heavy atom. The van der Waals surface area contributed by atoms with Crippen LogP contribution in [0.3, 0.4) is 0 Å². The molecule has 0 amide bonds. The molecule has 0 nitrogen and oxygen atoms in total. The number of rotatable bonds is 4. The van der Waals surface area contributed by atoms with Gasteiger partial charge in [-0.2, -0.15) is 0 Å². The van der Waals surface area contributed by atoms with Gasteiger partial charge < -0.3 is 0 Å². The SMILES string of the molecule is C[C](C)=[Zr]([C]1=CC(C(C)(C)C)=CC1)[c]1cccc2c1Cc1ccccc1-2.C[C](C)=[Zr]([C]1=CC(C(C)(C)C)=CC1C)[c]1cccc2c1Cc1ccccc1-2.Cl.Cl.Cl.Cl. The molecule has 302 valence electrons. The van der Waals surface area contributed by atoms with Gasteiger partial charge in [-0.15, -0.1) is 49.6 Å². The number of fused-ring (bicyclic) bond motifs is 6. The van der Waals surface area contributed by atoms with Crippen LogP contribution in [0.2, 0.25) is 0 Å². The predicted octanol–water partition coefficient (Wildman–Crippen LogP) is 13.9. The van der Waals surface area contributed by atoms with Crippen molar-refractivity contribution in [3.63, 3.8) is 0 Å². The zero-order valence-electron chi connectivity index (χ0n) is 35.7. The molecule has 6 heteroatoms. The molecule has 4 aromatic rings. The van der Waals surface area contributed by atoms with Gasteiger partial charge in [0.2, 0.25) is 0 Å². The summed E-state index contributed by atoms with van der Waals surface area (Å²) in [6, 6.07) is 32.1. The quantitative estimate of drug-likeness (QED) is 0.165. The van der Waals surface area contributed by atoms with Gasteiger partial charge in [-0.25, -0.2) is 0 Å². The molecule has 4 aliphatic carbocycles. The van der Waals surface area contributed by atoms with E-state index in [2.05, 4.69) is 185 Å². The van der Waals surface area contributed by atoms with E-state index in [0.29, 0.717) is 5.92 Å². The van der Waals surface area contributed by atoms with Crippen molar-refractivity contribution in [2.75, 3.05) is 0 Å². The van der Waals surface area contributed by atoms with Crippen LogP contribution in [0, 0.1) is 16.7 Å². The second kappa shape index (κ2) is 19.9. The Hall–Kier alpha value is -1.49. The van der Waals surface area contributed by atoms with Gasteiger partial charge in [-0.1, -0.05) is 0 Å². The summed E-state index contributed by atoms with van der Waals surface area (Å²) in [4.78, 5) is 0. The average molecular weight is 999 g/mol. The van der Waals surface area contributed by atoms with Crippen molar-refractivity contribution in [2.45, 2.75) is 95.4 Å². The second-order valence-corrected chi connectivity index (χ2v) is 32.4. The van der Waals surface area contributed by atoms with E-state index >= 15 is 0 Å². The van der Waals surface area contributed by atoms with Crippen molar-refractivity contribution in [3.8, 4) is 22.3 Å². The van der Waals surface area contributed by atoms with Crippen molar-refractivity contribution < 1.29 is 42.5 Å². The molecule has 0 aromatic heterocycles. The molecule has 8 rings (SSSR count). The standard InChI is InChI=1S/2C13H9.C10H15.C9H13.2C3H6.4ClH.2Zr/c2*1-3-7-12-10(5-1)9-11-6-2-4-8-13(11)12;1-8-5-6-9(7-8)10(2,3)4;1-9(2,3)8-6-4-5-7-8;2*1-3-2;;;;;;/h2*1-5,7-8H,9H2;6-8H,1-4H3;6-7H,4H2,1-3H3;2*1-2H3;4*1H;;. The van der Waals surface area contributed by atoms with E-state index in [9.17, 15) is 0 Å². The molecule has 0 radical (unpaired) electrons. The second-order valence-electron chi connectivity index (χ2n) is 18.1. The summed E-state index contributed by atoms with van der Waals surface area (Å²) in [5.41, 5.74) is 15.7. The van der Waals surface area contributed by atoms with Crippen molar-refractivity contribution in [1.82, 2.24) is 0 Å². The Balaban J connectivity index is 0.000000285. The van der Waals surface area contributed by atoms with E-state index in [1.54, 1.807) is 30.6 Å². The molecule has 1 atom stereocenters. The summed E-state index contributed by atoms with van der Waals surface area (Å²) in [7, 11) is 0. The molecule has 4 aromatic carbocycles. The Morgan fingerprint density at radius 1 is 0.526 bits per heavy atom. The Morgan fingerprint density at radius 2 is 0.965 bits per heavy atom. The number of benzene rings is 4. The third-order valence-electron chi connectivity index (χ3n) is 11.7. The van der Waals surface area contributed by atoms with E-state index in [4.69, 9.17) is 0 Å². The first-order valence-electron chi connectivity index (χ1n) is 19.8. The van der Waals surface area contributed by atoms with E-state index < -0.39 is 42.5 Å². The molecule has 1 unspecified atom stereocenters. The van der Waals surface area contributed by atoms with Crippen LogP contribution in [-0.4, -0.2) is 6.41 Å². The summed E-state index contributed by atoms with van der Waals surface area (Å²) in [5, 5.41) is 0. The maximum atomic E-state index is 2.58. The summed E-state index contributed by atoms with van der Waals surface area (Å²) in [6.07, 6.45) is 13.5. The summed E-state index contributed by atoms with van der Waals surface area (Å²) in [6.45, 7) is 26.0. The maximum Gasteiger partial charge on any atom is -0.147 e. The van der Waals surface area contributed by atoms with Crippen LogP contribution in [-0.2, 0) is 55.4 Å². The third kappa shape index (κ3) is 10.2. The van der Waals surface area contributed by atoms with Crippen LogP contribution in [0.4, 0.5) is 0 Å². The van der Waals surface area contributed by atoms with Crippen molar-refractivity contribution in [1.29, 1.82) is 0 Å². The first-order chi connectivity index (χ1) is 25.1. The topological polar surface area (TPSA) is 0 Å². The van der Waals surface area contributed by atoms with E-state index in [1.807, 2.05) is 0 Å². The minimum absolute atomic E-state index is 0. The van der Waals surface area contributed by atoms with Crippen molar-refractivity contribution in [2.24, 2.45) is 16.7 Å². The molecule has 0 heterocycles. The molecular formula is C51H62Cl4Zr2.